The number of esters is 1. The summed E-state index contributed by atoms with van der Waals surface area (Å²) in [5.74, 6) is -0.873. The molecule has 3 heterocycles. The highest BCUT2D eigenvalue weighted by Gasteiger charge is 2.20. The Kier molecular flexibility index (Phi) is 6.05. The summed E-state index contributed by atoms with van der Waals surface area (Å²) in [6.07, 6.45) is 2.39. The van der Waals surface area contributed by atoms with Gasteiger partial charge in [0.2, 0.25) is 5.78 Å². The van der Waals surface area contributed by atoms with Crippen molar-refractivity contribution in [3.63, 3.8) is 0 Å². The van der Waals surface area contributed by atoms with E-state index in [1.54, 1.807) is 12.3 Å². The maximum atomic E-state index is 12.7. The van der Waals surface area contributed by atoms with E-state index in [9.17, 15) is 9.59 Å². The average Bonchev–Trinajstić information content (AvgIpc) is 3.34. The van der Waals surface area contributed by atoms with E-state index in [0.29, 0.717) is 16.4 Å². The second kappa shape index (κ2) is 8.92. The van der Waals surface area contributed by atoms with Gasteiger partial charge in [-0.15, -0.1) is 5.10 Å². The molecule has 3 aromatic heterocycles. The fraction of sp³-hybridized carbons (Fsp3) is 0.261. The average molecular weight is 452 g/mol. The van der Waals surface area contributed by atoms with Crippen LogP contribution in [0.15, 0.2) is 42.6 Å². The highest BCUT2D eigenvalue weighted by molar-refractivity contribution is 6.30. The number of halogens is 1. The zero-order valence-electron chi connectivity index (χ0n) is 18.0. The number of aromatic nitrogens is 5. The summed E-state index contributed by atoms with van der Waals surface area (Å²) in [6.45, 7) is 6.01. The van der Waals surface area contributed by atoms with Gasteiger partial charge in [-0.2, -0.15) is 4.98 Å². The molecular formula is C23H22ClN5O3. The standard InChI is InChI=1S/C23H22ClN5O3/c1-14-8-10-25-23-26-21(27-29(14)23)22(31)32-13-20(30)19-12-15(2)28(16(19)3)11-9-17-4-6-18(24)7-5-17/h4-8,10,12H,9,11,13H2,1-3H3. The quantitative estimate of drug-likeness (QED) is 0.313. The molecule has 9 heteroatoms. The van der Waals surface area contributed by atoms with E-state index in [-0.39, 0.29) is 18.2 Å². The third-order valence-electron chi connectivity index (χ3n) is 5.36. The molecule has 1 aromatic carbocycles. The number of ketones is 1. The largest absolute Gasteiger partial charge is 0.451 e. The van der Waals surface area contributed by atoms with Gasteiger partial charge in [0.05, 0.1) is 0 Å². The zero-order valence-corrected chi connectivity index (χ0v) is 18.8. The van der Waals surface area contributed by atoms with Crippen LogP contribution in [0.2, 0.25) is 5.02 Å². The fourth-order valence-corrected chi connectivity index (χ4v) is 3.71. The number of carbonyl (C=O) groups is 2. The Balaban J connectivity index is 1.41. The molecule has 0 N–H and O–H groups in total. The number of ether oxygens (including phenoxy) is 1. The summed E-state index contributed by atoms with van der Waals surface area (Å²) < 4.78 is 8.72. The highest BCUT2D eigenvalue weighted by Crippen LogP contribution is 2.18. The predicted molar refractivity (Wildman–Crippen MR) is 119 cm³/mol. The van der Waals surface area contributed by atoms with Gasteiger partial charge in [-0.25, -0.2) is 14.3 Å². The van der Waals surface area contributed by atoms with Gasteiger partial charge in [-0.3, -0.25) is 4.79 Å². The van der Waals surface area contributed by atoms with Gasteiger partial charge in [-0.05, 0) is 57.0 Å². The number of benzene rings is 1. The second-order valence-electron chi connectivity index (χ2n) is 7.55. The molecule has 0 atom stereocenters. The molecular weight excluding hydrogens is 430 g/mol. The first-order valence-corrected chi connectivity index (χ1v) is 10.5. The summed E-state index contributed by atoms with van der Waals surface area (Å²) in [7, 11) is 0. The highest BCUT2D eigenvalue weighted by atomic mass is 35.5. The van der Waals surface area contributed by atoms with E-state index < -0.39 is 5.97 Å². The molecule has 0 radical (unpaired) electrons. The van der Waals surface area contributed by atoms with Crippen LogP contribution in [0.5, 0.6) is 0 Å². The lowest BCUT2D eigenvalue weighted by molar-refractivity contribution is 0.0462. The van der Waals surface area contributed by atoms with E-state index in [0.717, 1.165) is 35.6 Å². The van der Waals surface area contributed by atoms with Crippen molar-refractivity contribution in [1.82, 2.24) is 24.1 Å². The van der Waals surface area contributed by atoms with Crippen molar-refractivity contribution in [2.24, 2.45) is 0 Å². The van der Waals surface area contributed by atoms with Crippen LogP contribution in [0.3, 0.4) is 0 Å². The van der Waals surface area contributed by atoms with Gasteiger partial charge in [0.1, 0.15) is 0 Å². The molecule has 0 spiro atoms. The smallest absolute Gasteiger partial charge is 0.378 e. The van der Waals surface area contributed by atoms with Crippen LogP contribution in [-0.2, 0) is 17.7 Å². The van der Waals surface area contributed by atoms with Crippen molar-refractivity contribution in [2.75, 3.05) is 6.61 Å². The molecule has 164 valence electrons. The minimum atomic E-state index is -0.764. The molecule has 0 fully saturated rings. The van der Waals surface area contributed by atoms with Gasteiger partial charge in [-0.1, -0.05) is 23.7 Å². The number of aryl methyl sites for hydroxylation is 3. The number of carbonyl (C=O) groups excluding carboxylic acids is 2. The van der Waals surface area contributed by atoms with Crippen molar-refractivity contribution < 1.29 is 14.3 Å². The van der Waals surface area contributed by atoms with Crippen molar-refractivity contribution in [3.05, 3.63) is 81.7 Å². The number of Topliss-reactive ketones (excluding diaryl/α,β-unsaturated/α-hetero) is 1. The lowest BCUT2D eigenvalue weighted by atomic mass is 10.1. The Bertz CT molecular complexity index is 1310. The Hall–Kier alpha value is -3.52. The monoisotopic (exact) mass is 451 g/mol. The second-order valence-corrected chi connectivity index (χ2v) is 7.98. The van der Waals surface area contributed by atoms with Gasteiger partial charge in [0.25, 0.3) is 11.6 Å². The summed E-state index contributed by atoms with van der Waals surface area (Å²) in [6, 6.07) is 11.3. The van der Waals surface area contributed by atoms with Crippen LogP contribution in [-0.4, -0.2) is 42.5 Å². The third kappa shape index (κ3) is 4.40. The number of nitrogens with zero attached hydrogens (tertiary/aromatic N) is 5. The third-order valence-corrected chi connectivity index (χ3v) is 5.61. The number of rotatable bonds is 7. The lowest BCUT2D eigenvalue weighted by Crippen LogP contribution is -2.16. The Morgan fingerprint density at radius 2 is 1.81 bits per heavy atom. The molecule has 32 heavy (non-hydrogen) atoms. The Morgan fingerprint density at radius 1 is 1.06 bits per heavy atom. The SMILES string of the molecule is Cc1cc(C(=O)COC(=O)c2nc3nccc(C)n3n2)c(C)n1CCc1ccc(Cl)cc1. The summed E-state index contributed by atoms with van der Waals surface area (Å²) in [5, 5.41) is 4.81. The minimum absolute atomic E-state index is 0.131. The first-order valence-electron chi connectivity index (χ1n) is 10.1. The van der Waals surface area contributed by atoms with Gasteiger partial charge < -0.3 is 9.30 Å². The zero-order chi connectivity index (χ0) is 22.8. The summed E-state index contributed by atoms with van der Waals surface area (Å²) in [5.41, 5.74) is 4.28. The fourth-order valence-electron chi connectivity index (χ4n) is 3.59. The van der Waals surface area contributed by atoms with Crippen LogP contribution in [0.1, 0.15) is 43.6 Å². The van der Waals surface area contributed by atoms with E-state index in [1.807, 2.05) is 51.1 Å². The Labute approximate surface area is 189 Å². The van der Waals surface area contributed by atoms with Crippen molar-refractivity contribution >= 4 is 29.1 Å². The lowest BCUT2D eigenvalue weighted by Gasteiger charge is -2.10. The van der Waals surface area contributed by atoms with E-state index >= 15 is 0 Å². The predicted octanol–water partition coefficient (Wildman–Crippen LogP) is 3.79. The maximum absolute atomic E-state index is 12.7. The minimum Gasteiger partial charge on any atom is -0.451 e. The first kappa shape index (κ1) is 21.7. The van der Waals surface area contributed by atoms with Crippen LogP contribution < -0.4 is 0 Å². The van der Waals surface area contributed by atoms with Crippen molar-refractivity contribution in [2.45, 2.75) is 33.7 Å². The molecule has 0 aliphatic rings. The summed E-state index contributed by atoms with van der Waals surface area (Å²) in [4.78, 5) is 33.2. The number of hydrogen-bond acceptors (Lipinski definition) is 6. The first-order chi connectivity index (χ1) is 15.3. The molecule has 8 nitrogen and oxygen atoms in total. The molecule has 0 saturated heterocycles. The molecule has 4 rings (SSSR count). The molecule has 0 unspecified atom stereocenters. The van der Waals surface area contributed by atoms with E-state index in [1.165, 1.54) is 4.52 Å². The van der Waals surface area contributed by atoms with Crippen LogP contribution in [0.4, 0.5) is 0 Å². The molecule has 0 amide bonds. The van der Waals surface area contributed by atoms with Gasteiger partial charge >= 0.3 is 5.97 Å². The van der Waals surface area contributed by atoms with Crippen molar-refractivity contribution in [3.8, 4) is 0 Å². The topological polar surface area (TPSA) is 91.4 Å². The normalized spacial score (nSPS) is 11.1. The Morgan fingerprint density at radius 3 is 2.53 bits per heavy atom. The van der Waals surface area contributed by atoms with Gasteiger partial charge in [0.15, 0.2) is 6.61 Å². The maximum Gasteiger partial charge on any atom is 0.378 e. The molecule has 0 saturated carbocycles. The molecule has 0 aliphatic carbocycles. The van der Waals surface area contributed by atoms with E-state index in [2.05, 4.69) is 19.6 Å². The molecule has 4 aromatic rings. The van der Waals surface area contributed by atoms with Crippen molar-refractivity contribution in [1.29, 1.82) is 0 Å². The van der Waals surface area contributed by atoms with Gasteiger partial charge in [0, 0.05) is 40.4 Å². The van der Waals surface area contributed by atoms with Crippen LogP contribution in [0.25, 0.3) is 5.78 Å². The van der Waals surface area contributed by atoms with Crippen LogP contribution in [0, 0.1) is 20.8 Å². The van der Waals surface area contributed by atoms with E-state index in [4.69, 9.17) is 16.3 Å². The number of fused-ring (bicyclic) bond motifs is 1. The number of hydrogen-bond donors (Lipinski definition) is 0. The summed E-state index contributed by atoms with van der Waals surface area (Å²) >= 11 is 5.95. The molecule has 0 bridgehead atoms. The van der Waals surface area contributed by atoms with Crippen LogP contribution >= 0.6 is 11.6 Å². The molecule has 0 aliphatic heterocycles.